The van der Waals surface area contributed by atoms with Gasteiger partial charge in [0.05, 0.1) is 5.52 Å². The second kappa shape index (κ2) is 13.7. The molecular formula is C61H37N. The van der Waals surface area contributed by atoms with Crippen LogP contribution in [0.25, 0.3) is 131 Å². The van der Waals surface area contributed by atoms with Crippen molar-refractivity contribution in [3.8, 4) is 44.5 Å². The predicted molar refractivity (Wildman–Crippen MR) is 266 cm³/mol. The van der Waals surface area contributed by atoms with Gasteiger partial charge in [0.25, 0.3) is 0 Å². The van der Waals surface area contributed by atoms with Crippen molar-refractivity contribution in [3.63, 3.8) is 0 Å². The topological polar surface area (TPSA) is 12.9 Å². The molecule has 0 bridgehead atoms. The van der Waals surface area contributed by atoms with Gasteiger partial charge in [-0.3, -0.25) is 4.98 Å². The van der Waals surface area contributed by atoms with E-state index in [1.54, 1.807) is 0 Å². The molecule has 0 aliphatic carbocycles. The van der Waals surface area contributed by atoms with Crippen molar-refractivity contribution in [2.45, 2.75) is 0 Å². The third-order valence-corrected chi connectivity index (χ3v) is 13.1. The van der Waals surface area contributed by atoms with E-state index in [2.05, 4.69) is 225 Å². The first-order valence-corrected chi connectivity index (χ1v) is 21.4. The fourth-order valence-corrected chi connectivity index (χ4v) is 10.0. The van der Waals surface area contributed by atoms with Gasteiger partial charge in [-0.05, 0) is 157 Å². The number of aromatic nitrogens is 1. The van der Waals surface area contributed by atoms with Crippen LogP contribution in [0.3, 0.4) is 0 Å². The van der Waals surface area contributed by atoms with Gasteiger partial charge in [-0.2, -0.15) is 0 Å². The molecule has 12 aromatic carbocycles. The first-order valence-electron chi connectivity index (χ1n) is 21.4. The van der Waals surface area contributed by atoms with Crippen LogP contribution in [0, 0.1) is 0 Å². The zero-order valence-electron chi connectivity index (χ0n) is 33.8. The lowest BCUT2D eigenvalue weighted by Gasteiger charge is -2.19. The molecule has 0 N–H and O–H groups in total. The van der Waals surface area contributed by atoms with E-state index in [9.17, 15) is 0 Å². The van der Waals surface area contributed by atoms with Crippen LogP contribution < -0.4 is 0 Å². The summed E-state index contributed by atoms with van der Waals surface area (Å²) in [5, 5.41) is 18.3. The van der Waals surface area contributed by atoms with Crippen LogP contribution in [-0.4, -0.2) is 4.98 Å². The molecule has 0 atom stereocenters. The molecule has 62 heavy (non-hydrogen) atoms. The van der Waals surface area contributed by atoms with Gasteiger partial charge in [0, 0.05) is 22.5 Å². The molecule has 1 aromatic heterocycles. The van der Waals surface area contributed by atoms with E-state index in [0.717, 1.165) is 27.4 Å². The SMILES string of the molecule is c1ccc2cc(-c3ccc4c(ccc5c4c(-c4ccc6ccccc6c4)cc4c6ncc(-c7ccc8ccccc8c7)cc6cc(-c6ccc7ccccc7c6)c45)c3)ccc2c1. The van der Waals surface area contributed by atoms with Crippen molar-refractivity contribution in [2.75, 3.05) is 0 Å². The number of nitrogens with zero attached hydrogens (tertiary/aromatic N) is 1. The maximum atomic E-state index is 5.37. The van der Waals surface area contributed by atoms with E-state index in [1.165, 1.54) is 103 Å². The van der Waals surface area contributed by atoms with Crippen LogP contribution in [0.2, 0.25) is 0 Å². The van der Waals surface area contributed by atoms with Crippen molar-refractivity contribution in [1.82, 2.24) is 4.98 Å². The maximum Gasteiger partial charge on any atom is 0.0781 e. The van der Waals surface area contributed by atoms with Gasteiger partial charge >= 0.3 is 0 Å². The van der Waals surface area contributed by atoms with Crippen molar-refractivity contribution in [2.24, 2.45) is 0 Å². The average Bonchev–Trinajstić information content (AvgIpc) is 3.34. The summed E-state index contributed by atoms with van der Waals surface area (Å²) in [5.74, 6) is 0. The average molecular weight is 784 g/mol. The highest BCUT2D eigenvalue weighted by Crippen LogP contribution is 2.46. The van der Waals surface area contributed by atoms with Gasteiger partial charge in [-0.25, -0.2) is 0 Å². The Bertz CT molecular complexity index is 3990. The minimum absolute atomic E-state index is 1.00. The minimum atomic E-state index is 1.00. The number of rotatable bonds is 4. The molecule has 0 amide bonds. The fourth-order valence-electron chi connectivity index (χ4n) is 10.0. The van der Waals surface area contributed by atoms with Crippen LogP contribution in [0.4, 0.5) is 0 Å². The summed E-state index contributed by atoms with van der Waals surface area (Å²) in [6, 6.07) is 80.7. The standard InChI is InChI=1S/C61H37N/c1-5-13-42-29-46(21-17-38(42)9-1)47-25-27-54-49(33-47)26-28-55-59(54)57(51-24-20-41-12-4-8-16-45(41)32-51)36-58-60(55)56(50-23-19-40-11-3-7-15-44(40)31-50)35-52-34-53(37-62-61(52)58)48-22-18-39-10-2-6-14-43(39)30-48/h1-37H. The number of hydrogen-bond acceptors (Lipinski definition) is 1. The summed E-state index contributed by atoms with van der Waals surface area (Å²) in [6.07, 6.45) is 2.07. The summed E-state index contributed by atoms with van der Waals surface area (Å²) in [6.45, 7) is 0. The zero-order chi connectivity index (χ0) is 40.7. The van der Waals surface area contributed by atoms with Crippen molar-refractivity contribution in [1.29, 1.82) is 0 Å². The normalized spacial score (nSPS) is 11.9. The summed E-state index contributed by atoms with van der Waals surface area (Å²) >= 11 is 0. The second-order valence-corrected chi connectivity index (χ2v) is 16.7. The minimum Gasteiger partial charge on any atom is -0.255 e. The lowest BCUT2D eigenvalue weighted by molar-refractivity contribution is 1.42. The Kier molecular flexibility index (Phi) is 7.67. The monoisotopic (exact) mass is 783 g/mol. The summed E-state index contributed by atoms with van der Waals surface area (Å²) in [4.78, 5) is 5.37. The summed E-state index contributed by atoms with van der Waals surface area (Å²) in [7, 11) is 0. The van der Waals surface area contributed by atoms with Gasteiger partial charge in [0.1, 0.15) is 0 Å². The van der Waals surface area contributed by atoms with Crippen LogP contribution >= 0.6 is 0 Å². The Morgan fingerprint density at radius 3 is 1.15 bits per heavy atom. The van der Waals surface area contributed by atoms with E-state index in [1.807, 2.05) is 0 Å². The Morgan fingerprint density at radius 2 is 0.597 bits per heavy atom. The maximum absolute atomic E-state index is 5.37. The van der Waals surface area contributed by atoms with Crippen LogP contribution in [0.1, 0.15) is 0 Å². The second-order valence-electron chi connectivity index (χ2n) is 16.7. The van der Waals surface area contributed by atoms with Crippen molar-refractivity contribution in [3.05, 3.63) is 225 Å². The number of fused-ring (bicyclic) bond motifs is 11. The number of pyridine rings is 1. The molecule has 13 aromatic rings. The summed E-state index contributed by atoms with van der Waals surface area (Å²) in [5.41, 5.74) is 10.5. The molecule has 0 saturated carbocycles. The number of benzene rings is 12. The van der Waals surface area contributed by atoms with Gasteiger partial charge in [-0.1, -0.05) is 170 Å². The van der Waals surface area contributed by atoms with Gasteiger partial charge in [0.15, 0.2) is 0 Å². The quantitative estimate of drug-likeness (QED) is 0.162. The van der Waals surface area contributed by atoms with Crippen LogP contribution in [0.5, 0.6) is 0 Å². The molecule has 1 nitrogen and oxygen atoms in total. The van der Waals surface area contributed by atoms with E-state index in [0.29, 0.717) is 0 Å². The highest BCUT2D eigenvalue weighted by Gasteiger charge is 2.20. The lowest BCUT2D eigenvalue weighted by atomic mass is 9.84. The Labute approximate surface area is 358 Å². The van der Waals surface area contributed by atoms with E-state index in [-0.39, 0.29) is 0 Å². The molecule has 0 saturated heterocycles. The summed E-state index contributed by atoms with van der Waals surface area (Å²) < 4.78 is 0. The smallest absolute Gasteiger partial charge is 0.0781 e. The molecular weight excluding hydrogens is 747 g/mol. The van der Waals surface area contributed by atoms with Crippen molar-refractivity contribution < 1.29 is 0 Å². The van der Waals surface area contributed by atoms with Crippen LogP contribution in [-0.2, 0) is 0 Å². The molecule has 0 fully saturated rings. The zero-order valence-corrected chi connectivity index (χ0v) is 33.8. The highest BCUT2D eigenvalue weighted by atomic mass is 14.7. The largest absolute Gasteiger partial charge is 0.255 e. The molecule has 1 heterocycles. The van der Waals surface area contributed by atoms with Gasteiger partial charge < -0.3 is 0 Å². The van der Waals surface area contributed by atoms with E-state index in [4.69, 9.17) is 4.98 Å². The molecule has 0 aliphatic rings. The third-order valence-electron chi connectivity index (χ3n) is 13.1. The third kappa shape index (κ3) is 5.60. The van der Waals surface area contributed by atoms with E-state index < -0.39 is 0 Å². The first-order chi connectivity index (χ1) is 30.7. The molecule has 0 aliphatic heterocycles. The molecule has 13 rings (SSSR count). The van der Waals surface area contributed by atoms with Crippen LogP contribution in [0.15, 0.2) is 225 Å². The van der Waals surface area contributed by atoms with Gasteiger partial charge in [-0.15, -0.1) is 0 Å². The Morgan fingerprint density at radius 1 is 0.226 bits per heavy atom. The molecule has 0 spiro atoms. The fraction of sp³-hybridized carbons (Fsp3) is 0. The predicted octanol–water partition coefficient (Wildman–Crippen LogP) is 17.0. The Hall–Kier alpha value is -8.13. The molecule has 0 radical (unpaired) electrons. The van der Waals surface area contributed by atoms with Gasteiger partial charge in [0.2, 0.25) is 0 Å². The van der Waals surface area contributed by atoms with E-state index >= 15 is 0 Å². The number of hydrogen-bond donors (Lipinski definition) is 0. The first kappa shape index (κ1) is 34.7. The Balaban J connectivity index is 1.13. The lowest BCUT2D eigenvalue weighted by Crippen LogP contribution is -1.93. The molecule has 286 valence electrons. The van der Waals surface area contributed by atoms with Crippen molar-refractivity contribution >= 4 is 86.3 Å². The molecule has 1 heteroatoms. The molecule has 0 unspecified atom stereocenters. The highest BCUT2D eigenvalue weighted by molar-refractivity contribution is 6.30.